The fourth-order valence-corrected chi connectivity index (χ4v) is 2.58. The van der Waals surface area contributed by atoms with Gasteiger partial charge in [-0.25, -0.2) is 4.79 Å². The summed E-state index contributed by atoms with van der Waals surface area (Å²) >= 11 is 0. The van der Waals surface area contributed by atoms with Crippen LogP contribution in [0.1, 0.15) is 10.4 Å². The summed E-state index contributed by atoms with van der Waals surface area (Å²) in [6, 6.07) is 9.74. The van der Waals surface area contributed by atoms with Gasteiger partial charge in [-0.05, 0) is 18.2 Å². The highest BCUT2D eigenvalue weighted by Crippen LogP contribution is 2.25. The molecule has 6 nitrogen and oxygen atoms in total. The van der Waals surface area contributed by atoms with Crippen molar-refractivity contribution in [3.63, 3.8) is 0 Å². The maximum atomic E-state index is 11.7. The molecular weight excluding hydrogens is 294 g/mol. The molecule has 0 atom stereocenters. The Hall–Kier alpha value is -2.60. The number of nitrogen functional groups attached to an aromatic ring is 1. The normalized spacial score (nSPS) is 14.6. The number of aromatic nitrogens is 1. The van der Waals surface area contributed by atoms with E-state index in [4.69, 9.17) is 15.2 Å². The quantitative estimate of drug-likeness (QED) is 0.873. The average molecular weight is 313 g/mol. The van der Waals surface area contributed by atoms with Crippen molar-refractivity contribution >= 4 is 17.3 Å². The van der Waals surface area contributed by atoms with E-state index >= 15 is 0 Å². The molecule has 1 aliphatic heterocycles. The van der Waals surface area contributed by atoms with Crippen molar-refractivity contribution < 1.29 is 14.3 Å². The predicted molar refractivity (Wildman–Crippen MR) is 88.5 cm³/mol. The molecule has 6 heteroatoms. The van der Waals surface area contributed by atoms with E-state index in [2.05, 4.69) is 22.0 Å². The van der Waals surface area contributed by atoms with Crippen molar-refractivity contribution in [3.05, 3.63) is 42.1 Å². The van der Waals surface area contributed by atoms with Crippen molar-refractivity contribution in [1.82, 2.24) is 4.98 Å². The van der Waals surface area contributed by atoms with Crippen LogP contribution < -0.4 is 10.6 Å². The molecule has 1 saturated heterocycles. The number of carbonyl (C=O) groups excluding carboxylic acids is 1. The Kier molecular flexibility index (Phi) is 4.43. The fraction of sp³-hybridized carbons (Fsp3) is 0.294. The number of esters is 1. The number of pyridine rings is 1. The van der Waals surface area contributed by atoms with E-state index in [9.17, 15) is 4.79 Å². The van der Waals surface area contributed by atoms with Crippen LogP contribution in [0.25, 0.3) is 11.3 Å². The van der Waals surface area contributed by atoms with E-state index in [-0.39, 0.29) is 0 Å². The van der Waals surface area contributed by atoms with E-state index in [0.717, 1.165) is 37.6 Å². The molecule has 0 spiro atoms. The van der Waals surface area contributed by atoms with E-state index in [0.29, 0.717) is 16.9 Å². The third-order valence-electron chi connectivity index (χ3n) is 3.88. The highest BCUT2D eigenvalue weighted by molar-refractivity contribution is 5.95. The van der Waals surface area contributed by atoms with Gasteiger partial charge >= 0.3 is 5.97 Å². The molecule has 1 aromatic heterocycles. The number of benzene rings is 1. The SMILES string of the molecule is COC(=O)c1cc(-c2ccc(N3CCOCC3)cc2)ncc1N. The second kappa shape index (κ2) is 6.66. The van der Waals surface area contributed by atoms with E-state index in [1.807, 2.05) is 12.1 Å². The molecule has 0 unspecified atom stereocenters. The number of nitrogens with two attached hydrogens (primary N) is 1. The van der Waals surface area contributed by atoms with E-state index in [1.165, 1.54) is 13.3 Å². The summed E-state index contributed by atoms with van der Waals surface area (Å²) < 4.78 is 10.1. The van der Waals surface area contributed by atoms with Gasteiger partial charge in [0, 0.05) is 24.3 Å². The van der Waals surface area contributed by atoms with Crippen molar-refractivity contribution in [2.45, 2.75) is 0 Å². The number of anilines is 2. The number of hydrogen-bond acceptors (Lipinski definition) is 6. The van der Waals surface area contributed by atoms with Crippen molar-refractivity contribution in [2.24, 2.45) is 0 Å². The highest BCUT2D eigenvalue weighted by atomic mass is 16.5. The predicted octanol–water partition coefficient (Wildman–Crippen LogP) is 1.95. The first-order valence-electron chi connectivity index (χ1n) is 7.46. The third kappa shape index (κ3) is 3.27. The second-order valence-electron chi connectivity index (χ2n) is 5.29. The molecule has 23 heavy (non-hydrogen) atoms. The van der Waals surface area contributed by atoms with Crippen LogP contribution in [0, 0.1) is 0 Å². The summed E-state index contributed by atoms with van der Waals surface area (Å²) in [5.74, 6) is -0.462. The Bertz CT molecular complexity index is 695. The number of nitrogens with zero attached hydrogens (tertiary/aromatic N) is 2. The van der Waals surface area contributed by atoms with Crippen molar-refractivity contribution in [1.29, 1.82) is 0 Å². The standard InChI is InChI=1S/C17H19N3O3/c1-22-17(21)14-10-16(19-11-15(14)18)12-2-4-13(5-3-12)20-6-8-23-9-7-20/h2-5,10-11H,6-9,18H2,1H3. The average Bonchev–Trinajstić information content (AvgIpc) is 2.62. The minimum Gasteiger partial charge on any atom is -0.465 e. The highest BCUT2D eigenvalue weighted by Gasteiger charge is 2.14. The van der Waals surface area contributed by atoms with Gasteiger partial charge in [-0.1, -0.05) is 12.1 Å². The molecule has 0 saturated carbocycles. The lowest BCUT2D eigenvalue weighted by molar-refractivity contribution is 0.0602. The van der Waals surface area contributed by atoms with Crippen LogP contribution in [0.5, 0.6) is 0 Å². The molecule has 1 aliphatic rings. The summed E-state index contributed by atoms with van der Waals surface area (Å²) in [4.78, 5) is 18.3. The van der Waals surface area contributed by atoms with Gasteiger partial charge in [0.25, 0.3) is 0 Å². The van der Waals surface area contributed by atoms with Crippen LogP contribution in [-0.2, 0) is 9.47 Å². The van der Waals surface area contributed by atoms with Gasteiger partial charge in [-0.15, -0.1) is 0 Å². The number of methoxy groups -OCH3 is 1. The molecule has 2 N–H and O–H groups in total. The molecule has 1 fully saturated rings. The van der Waals surface area contributed by atoms with E-state index < -0.39 is 5.97 Å². The zero-order valence-electron chi connectivity index (χ0n) is 13.0. The number of morpholine rings is 1. The van der Waals surface area contributed by atoms with Gasteiger partial charge in [0.2, 0.25) is 0 Å². The van der Waals surface area contributed by atoms with Gasteiger partial charge in [-0.2, -0.15) is 0 Å². The summed E-state index contributed by atoms with van der Waals surface area (Å²) in [7, 11) is 1.33. The minimum atomic E-state index is -0.462. The Morgan fingerprint density at radius 3 is 2.61 bits per heavy atom. The van der Waals surface area contributed by atoms with Crippen LogP contribution in [0.15, 0.2) is 36.5 Å². The van der Waals surface area contributed by atoms with Gasteiger partial charge in [0.05, 0.1) is 43.5 Å². The number of hydrogen-bond donors (Lipinski definition) is 1. The molecule has 1 aromatic carbocycles. The molecular formula is C17H19N3O3. The smallest absolute Gasteiger partial charge is 0.340 e. The first kappa shape index (κ1) is 15.3. The van der Waals surface area contributed by atoms with Gasteiger partial charge in [0.15, 0.2) is 0 Å². The molecule has 120 valence electrons. The topological polar surface area (TPSA) is 77.7 Å². The molecule has 3 rings (SSSR count). The Balaban J connectivity index is 1.85. The maximum Gasteiger partial charge on any atom is 0.340 e. The number of carbonyl (C=O) groups is 1. The van der Waals surface area contributed by atoms with Crippen LogP contribution in [0.3, 0.4) is 0 Å². The van der Waals surface area contributed by atoms with Gasteiger partial charge in [0.1, 0.15) is 0 Å². The monoisotopic (exact) mass is 313 g/mol. The van der Waals surface area contributed by atoms with Crippen LogP contribution in [0.2, 0.25) is 0 Å². The van der Waals surface area contributed by atoms with E-state index in [1.54, 1.807) is 6.07 Å². The lowest BCUT2D eigenvalue weighted by Crippen LogP contribution is -2.36. The summed E-state index contributed by atoms with van der Waals surface area (Å²) in [5, 5.41) is 0. The molecule has 0 radical (unpaired) electrons. The lowest BCUT2D eigenvalue weighted by atomic mass is 10.1. The first-order chi connectivity index (χ1) is 11.2. The summed E-state index contributed by atoms with van der Waals surface area (Å²) in [6.45, 7) is 3.30. The molecule has 0 aliphatic carbocycles. The zero-order valence-corrected chi connectivity index (χ0v) is 13.0. The molecule has 0 bridgehead atoms. The second-order valence-corrected chi connectivity index (χ2v) is 5.29. The zero-order chi connectivity index (χ0) is 16.2. The Labute approximate surface area is 134 Å². The van der Waals surface area contributed by atoms with Gasteiger partial charge in [-0.3, -0.25) is 4.98 Å². The molecule has 2 aromatic rings. The molecule has 0 amide bonds. The van der Waals surface area contributed by atoms with Crippen molar-refractivity contribution in [2.75, 3.05) is 44.0 Å². The van der Waals surface area contributed by atoms with Crippen LogP contribution >= 0.6 is 0 Å². The van der Waals surface area contributed by atoms with Gasteiger partial charge < -0.3 is 20.1 Å². The van der Waals surface area contributed by atoms with Crippen molar-refractivity contribution in [3.8, 4) is 11.3 Å². The summed E-state index contributed by atoms with van der Waals surface area (Å²) in [6.07, 6.45) is 1.48. The lowest BCUT2D eigenvalue weighted by Gasteiger charge is -2.28. The third-order valence-corrected chi connectivity index (χ3v) is 3.88. The summed E-state index contributed by atoms with van der Waals surface area (Å²) in [5.41, 5.74) is 9.19. The van der Waals surface area contributed by atoms with Crippen LogP contribution in [-0.4, -0.2) is 44.4 Å². The maximum absolute atomic E-state index is 11.7. The number of ether oxygens (including phenoxy) is 2. The largest absolute Gasteiger partial charge is 0.465 e. The number of rotatable bonds is 3. The fourth-order valence-electron chi connectivity index (χ4n) is 2.58. The Morgan fingerprint density at radius 1 is 1.26 bits per heavy atom. The van der Waals surface area contributed by atoms with Crippen LogP contribution in [0.4, 0.5) is 11.4 Å². The minimum absolute atomic E-state index is 0.311. The first-order valence-corrected chi connectivity index (χ1v) is 7.46. The molecule has 2 heterocycles. The Morgan fingerprint density at radius 2 is 1.96 bits per heavy atom.